The summed E-state index contributed by atoms with van der Waals surface area (Å²) in [5.74, 6) is 0.259. The van der Waals surface area contributed by atoms with Crippen LogP contribution >= 0.6 is 0 Å². The van der Waals surface area contributed by atoms with E-state index in [9.17, 15) is 4.39 Å². The fourth-order valence-electron chi connectivity index (χ4n) is 1.83. The maximum Gasteiger partial charge on any atom is 0.199 e. The van der Waals surface area contributed by atoms with E-state index < -0.39 is 0 Å². The summed E-state index contributed by atoms with van der Waals surface area (Å²) in [5, 5.41) is 0. The van der Waals surface area contributed by atoms with Gasteiger partial charge in [-0.05, 0) is 29.8 Å². The molecule has 0 saturated heterocycles. The number of fused-ring (bicyclic) bond motifs is 1. The Labute approximate surface area is 103 Å². The molecule has 2 N–H and O–H groups in total. The summed E-state index contributed by atoms with van der Waals surface area (Å²) >= 11 is 0. The molecule has 0 amide bonds. The molecular formula is C14H11FN2O. The molecule has 0 unspecified atom stereocenters. The van der Waals surface area contributed by atoms with Crippen molar-refractivity contribution < 1.29 is 8.81 Å². The lowest BCUT2D eigenvalue weighted by Crippen LogP contribution is -1.89. The van der Waals surface area contributed by atoms with Crippen LogP contribution < -0.4 is 5.73 Å². The minimum Gasteiger partial charge on any atom is -0.440 e. The van der Waals surface area contributed by atoms with Crippen LogP contribution in [0.4, 0.5) is 10.1 Å². The van der Waals surface area contributed by atoms with Crippen molar-refractivity contribution in [3.05, 3.63) is 59.7 Å². The molecule has 0 bridgehead atoms. The van der Waals surface area contributed by atoms with Crippen molar-refractivity contribution in [3.8, 4) is 0 Å². The standard InChI is InChI=1S/C14H11FN2O/c15-10-3-6-13-12(8-10)17-14(18-13)7-9-1-4-11(16)5-2-9/h1-6,8H,7,16H2. The van der Waals surface area contributed by atoms with E-state index >= 15 is 0 Å². The number of nitrogen functional groups attached to an aromatic ring is 1. The van der Waals surface area contributed by atoms with Gasteiger partial charge in [-0.15, -0.1) is 0 Å². The van der Waals surface area contributed by atoms with E-state index in [1.165, 1.54) is 12.1 Å². The predicted molar refractivity (Wildman–Crippen MR) is 67.6 cm³/mol. The van der Waals surface area contributed by atoms with Crippen LogP contribution in [0, 0.1) is 5.82 Å². The zero-order valence-corrected chi connectivity index (χ0v) is 9.56. The van der Waals surface area contributed by atoms with E-state index in [4.69, 9.17) is 10.2 Å². The normalized spacial score (nSPS) is 10.9. The van der Waals surface area contributed by atoms with E-state index in [1.54, 1.807) is 6.07 Å². The third-order valence-corrected chi connectivity index (χ3v) is 2.73. The van der Waals surface area contributed by atoms with Gasteiger partial charge in [-0.1, -0.05) is 12.1 Å². The number of oxazole rings is 1. The smallest absolute Gasteiger partial charge is 0.199 e. The van der Waals surface area contributed by atoms with E-state index in [2.05, 4.69) is 4.98 Å². The van der Waals surface area contributed by atoms with Crippen molar-refractivity contribution in [3.63, 3.8) is 0 Å². The predicted octanol–water partition coefficient (Wildman–Crippen LogP) is 3.14. The fraction of sp³-hybridized carbons (Fsp3) is 0.0714. The lowest BCUT2D eigenvalue weighted by Gasteiger charge is -1.97. The lowest BCUT2D eigenvalue weighted by atomic mass is 10.1. The zero-order valence-electron chi connectivity index (χ0n) is 9.56. The summed E-state index contributed by atoms with van der Waals surface area (Å²) in [4.78, 5) is 4.25. The molecule has 90 valence electrons. The average Bonchev–Trinajstić information content (AvgIpc) is 2.73. The van der Waals surface area contributed by atoms with Crippen LogP contribution in [-0.4, -0.2) is 4.98 Å². The number of aromatic nitrogens is 1. The van der Waals surface area contributed by atoms with Gasteiger partial charge in [-0.3, -0.25) is 0 Å². The van der Waals surface area contributed by atoms with Gasteiger partial charge in [0, 0.05) is 18.2 Å². The molecule has 0 aliphatic carbocycles. The Bertz CT molecular complexity index is 689. The van der Waals surface area contributed by atoms with Gasteiger partial charge in [0.05, 0.1) is 0 Å². The van der Waals surface area contributed by atoms with E-state index in [0.29, 0.717) is 23.4 Å². The molecule has 2 aromatic carbocycles. The van der Waals surface area contributed by atoms with Crippen molar-refractivity contribution in [2.45, 2.75) is 6.42 Å². The Morgan fingerprint density at radius 3 is 2.67 bits per heavy atom. The van der Waals surface area contributed by atoms with Crippen LogP contribution in [0.2, 0.25) is 0 Å². The first-order valence-corrected chi connectivity index (χ1v) is 5.60. The molecule has 1 aromatic heterocycles. The number of halogens is 1. The second-order valence-corrected chi connectivity index (χ2v) is 4.14. The minimum absolute atomic E-state index is 0.310. The largest absolute Gasteiger partial charge is 0.440 e. The molecule has 0 atom stereocenters. The van der Waals surface area contributed by atoms with Gasteiger partial charge in [-0.2, -0.15) is 0 Å². The molecule has 0 saturated carbocycles. The number of hydrogen-bond acceptors (Lipinski definition) is 3. The first kappa shape index (κ1) is 10.8. The molecule has 18 heavy (non-hydrogen) atoms. The monoisotopic (exact) mass is 242 g/mol. The Kier molecular flexibility index (Phi) is 2.48. The Balaban J connectivity index is 1.92. The van der Waals surface area contributed by atoms with Crippen LogP contribution in [0.1, 0.15) is 11.5 Å². The number of anilines is 1. The maximum absolute atomic E-state index is 13.0. The molecule has 0 aliphatic heterocycles. The second kappa shape index (κ2) is 4.14. The van der Waals surface area contributed by atoms with Crippen LogP contribution in [0.25, 0.3) is 11.1 Å². The third-order valence-electron chi connectivity index (χ3n) is 2.73. The number of rotatable bonds is 2. The van der Waals surface area contributed by atoms with Crippen LogP contribution in [0.15, 0.2) is 46.9 Å². The summed E-state index contributed by atoms with van der Waals surface area (Å²) in [5.41, 5.74) is 8.53. The molecule has 0 spiro atoms. The summed E-state index contributed by atoms with van der Waals surface area (Å²) < 4.78 is 18.6. The van der Waals surface area contributed by atoms with Gasteiger partial charge in [0.2, 0.25) is 0 Å². The Morgan fingerprint density at radius 2 is 1.89 bits per heavy atom. The van der Waals surface area contributed by atoms with Gasteiger partial charge < -0.3 is 10.2 Å². The molecule has 4 heteroatoms. The molecule has 3 nitrogen and oxygen atoms in total. The van der Waals surface area contributed by atoms with Crippen LogP contribution in [0.5, 0.6) is 0 Å². The minimum atomic E-state index is -0.310. The van der Waals surface area contributed by atoms with E-state index in [0.717, 1.165) is 11.3 Å². The van der Waals surface area contributed by atoms with Gasteiger partial charge in [0.1, 0.15) is 11.3 Å². The highest BCUT2D eigenvalue weighted by atomic mass is 19.1. The topological polar surface area (TPSA) is 52.0 Å². The molecule has 3 rings (SSSR count). The second-order valence-electron chi connectivity index (χ2n) is 4.14. The van der Waals surface area contributed by atoms with Gasteiger partial charge in [0.15, 0.2) is 11.5 Å². The van der Waals surface area contributed by atoms with Crippen molar-refractivity contribution >= 4 is 16.8 Å². The van der Waals surface area contributed by atoms with E-state index in [1.807, 2.05) is 24.3 Å². The van der Waals surface area contributed by atoms with Crippen molar-refractivity contribution in [2.75, 3.05) is 5.73 Å². The zero-order chi connectivity index (χ0) is 12.5. The maximum atomic E-state index is 13.0. The molecule has 0 aliphatic rings. The Morgan fingerprint density at radius 1 is 1.11 bits per heavy atom. The third kappa shape index (κ3) is 2.05. The van der Waals surface area contributed by atoms with Gasteiger partial charge in [-0.25, -0.2) is 9.37 Å². The molecule has 0 radical (unpaired) electrons. The highest BCUT2D eigenvalue weighted by molar-refractivity contribution is 5.72. The fourth-order valence-corrected chi connectivity index (χ4v) is 1.83. The van der Waals surface area contributed by atoms with Crippen LogP contribution in [-0.2, 0) is 6.42 Å². The van der Waals surface area contributed by atoms with Crippen LogP contribution in [0.3, 0.4) is 0 Å². The van der Waals surface area contributed by atoms with Gasteiger partial charge >= 0.3 is 0 Å². The number of nitrogens with two attached hydrogens (primary N) is 1. The quantitative estimate of drug-likeness (QED) is 0.702. The summed E-state index contributed by atoms with van der Waals surface area (Å²) in [6.45, 7) is 0. The number of nitrogens with zero attached hydrogens (tertiary/aromatic N) is 1. The van der Waals surface area contributed by atoms with Gasteiger partial charge in [0.25, 0.3) is 0 Å². The molecule has 1 heterocycles. The van der Waals surface area contributed by atoms with Crippen molar-refractivity contribution in [2.24, 2.45) is 0 Å². The summed E-state index contributed by atoms with van der Waals surface area (Å²) in [7, 11) is 0. The SMILES string of the molecule is Nc1ccc(Cc2nc3cc(F)ccc3o2)cc1. The lowest BCUT2D eigenvalue weighted by molar-refractivity contribution is 0.543. The van der Waals surface area contributed by atoms with Crippen molar-refractivity contribution in [1.82, 2.24) is 4.98 Å². The molecular weight excluding hydrogens is 231 g/mol. The average molecular weight is 242 g/mol. The first-order chi connectivity index (χ1) is 8.70. The first-order valence-electron chi connectivity index (χ1n) is 5.60. The number of benzene rings is 2. The molecule has 0 fully saturated rings. The highest BCUT2D eigenvalue weighted by Crippen LogP contribution is 2.19. The highest BCUT2D eigenvalue weighted by Gasteiger charge is 2.07. The number of hydrogen-bond donors (Lipinski definition) is 1. The van der Waals surface area contributed by atoms with E-state index in [-0.39, 0.29) is 5.82 Å². The Hall–Kier alpha value is -2.36. The summed E-state index contributed by atoms with van der Waals surface area (Å²) in [6, 6.07) is 11.8. The summed E-state index contributed by atoms with van der Waals surface area (Å²) in [6.07, 6.45) is 0.566. The molecule has 3 aromatic rings. The van der Waals surface area contributed by atoms with Crippen molar-refractivity contribution in [1.29, 1.82) is 0 Å².